The first-order valence-corrected chi connectivity index (χ1v) is 5.55. The van der Waals surface area contributed by atoms with Crippen LogP contribution >= 0.6 is 43.5 Å². The van der Waals surface area contributed by atoms with Gasteiger partial charge in [0.2, 0.25) is 0 Å². The molecule has 0 fully saturated rings. The standard InChI is InChI=1S/C9H4Br2ClN/c10-6-3-1-2-5-8(6)7(11)4-13-9(5)12/h1-4H. The van der Waals surface area contributed by atoms with Gasteiger partial charge < -0.3 is 0 Å². The van der Waals surface area contributed by atoms with Gasteiger partial charge in [0.1, 0.15) is 5.15 Å². The molecule has 0 atom stereocenters. The van der Waals surface area contributed by atoms with Crippen molar-refractivity contribution < 1.29 is 0 Å². The van der Waals surface area contributed by atoms with Crippen LogP contribution in [0.3, 0.4) is 0 Å². The van der Waals surface area contributed by atoms with Crippen molar-refractivity contribution in [3.63, 3.8) is 0 Å². The highest BCUT2D eigenvalue weighted by molar-refractivity contribution is 9.11. The molecule has 1 aromatic heterocycles. The quantitative estimate of drug-likeness (QED) is 0.655. The summed E-state index contributed by atoms with van der Waals surface area (Å²) in [5.41, 5.74) is 0. The number of aromatic nitrogens is 1. The van der Waals surface area contributed by atoms with Gasteiger partial charge in [0.15, 0.2) is 0 Å². The van der Waals surface area contributed by atoms with Gasteiger partial charge in [-0.05, 0) is 22.0 Å². The van der Waals surface area contributed by atoms with Crippen LogP contribution in [-0.4, -0.2) is 4.98 Å². The van der Waals surface area contributed by atoms with E-state index in [0.29, 0.717) is 5.15 Å². The average molecular weight is 321 g/mol. The van der Waals surface area contributed by atoms with Gasteiger partial charge in [-0.15, -0.1) is 0 Å². The van der Waals surface area contributed by atoms with Gasteiger partial charge in [0.05, 0.1) is 0 Å². The molecule has 0 aliphatic heterocycles. The molecule has 1 nitrogen and oxygen atoms in total. The number of benzene rings is 1. The summed E-state index contributed by atoms with van der Waals surface area (Å²) in [7, 11) is 0. The third kappa shape index (κ3) is 1.60. The summed E-state index contributed by atoms with van der Waals surface area (Å²) < 4.78 is 1.96. The molecular weight excluding hydrogens is 317 g/mol. The maximum Gasteiger partial charge on any atom is 0.136 e. The maximum absolute atomic E-state index is 5.95. The Bertz CT molecular complexity index is 462. The maximum atomic E-state index is 5.95. The van der Waals surface area contributed by atoms with E-state index in [9.17, 15) is 0 Å². The molecule has 1 heterocycles. The summed E-state index contributed by atoms with van der Waals surface area (Å²) in [4.78, 5) is 4.05. The van der Waals surface area contributed by atoms with Crippen LogP contribution in [0.2, 0.25) is 5.15 Å². The Hall–Kier alpha value is -0.120. The largest absolute Gasteiger partial charge is 0.243 e. The normalized spacial score (nSPS) is 10.7. The number of hydrogen-bond acceptors (Lipinski definition) is 1. The van der Waals surface area contributed by atoms with Crippen LogP contribution in [-0.2, 0) is 0 Å². The Balaban J connectivity index is 3.00. The van der Waals surface area contributed by atoms with Crippen molar-refractivity contribution in [2.75, 3.05) is 0 Å². The lowest BCUT2D eigenvalue weighted by atomic mass is 10.2. The van der Waals surface area contributed by atoms with Gasteiger partial charge in [-0.1, -0.05) is 39.7 Å². The number of hydrogen-bond donors (Lipinski definition) is 0. The minimum Gasteiger partial charge on any atom is -0.243 e. The molecule has 0 unspecified atom stereocenters. The van der Waals surface area contributed by atoms with Crippen molar-refractivity contribution in [2.24, 2.45) is 0 Å². The van der Waals surface area contributed by atoms with Crippen molar-refractivity contribution in [2.45, 2.75) is 0 Å². The first kappa shape index (κ1) is 9.44. The second-order valence-electron chi connectivity index (χ2n) is 2.56. The fourth-order valence-electron chi connectivity index (χ4n) is 1.19. The molecule has 0 spiro atoms. The van der Waals surface area contributed by atoms with E-state index >= 15 is 0 Å². The lowest BCUT2D eigenvalue weighted by Crippen LogP contribution is -1.81. The molecule has 0 amide bonds. The SMILES string of the molecule is Clc1ncc(Br)c2c(Br)cccc12. The number of fused-ring (bicyclic) bond motifs is 1. The van der Waals surface area contributed by atoms with E-state index in [-0.39, 0.29) is 0 Å². The van der Waals surface area contributed by atoms with Crippen LogP contribution in [0, 0.1) is 0 Å². The van der Waals surface area contributed by atoms with Gasteiger partial charge in [-0.3, -0.25) is 0 Å². The highest BCUT2D eigenvalue weighted by Crippen LogP contribution is 2.33. The third-order valence-electron chi connectivity index (χ3n) is 1.77. The predicted molar refractivity (Wildman–Crippen MR) is 62.2 cm³/mol. The Morgan fingerprint density at radius 2 is 1.92 bits per heavy atom. The fourth-order valence-corrected chi connectivity index (χ4v) is 2.77. The average Bonchev–Trinajstić information content (AvgIpc) is 2.12. The van der Waals surface area contributed by atoms with Crippen molar-refractivity contribution in [3.05, 3.63) is 38.5 Å². The lowest BCUT2D eigenvalue weighted by molar-refractivity contribution is 1.34. The predicted octanol–water partition coefficient (Wildman–Crippen LogP) is 4.41. The summed E-state index contributed by atoms with van der Waals surface area (Å²) in [6.45, 7) is 0. The van der Waals surface area contributed by atoms with Crippen molar-refractivity contribution in [1.82, 2.24) is 4.98 Å². The minimum absolute atomic E-state index is 0.527. The first-order valence-electron chi connectivity index (χ1n) is 3.58. The van der Waals surface area contributed by atoms with E-state index in [4.69, 9.17) is 11.6 Å². The zero-order valence-electron chi connectivity index (χ0n) is 6.39. The number of rotatable bonds is 0. The summed E-state index contributed by atoms with van der Waals surface area (Å²) in [6.07, 6.45) is 1.70. The summed E-state index contributed by atoms with van der Waals surface area (Å²) in [5.74, 6) is 0. The van der Waals surface area contributed by atoms with Gasteiger partial charge in [0.25, 0.3) is 0 Å². The molecular formula is C9H4Br2ClN. The first-order chi connectivity index (χ1) is 6.20. The molecule has 2 aromatic rings. The van der Waals surface area contributed by atoms with Crippen LogP contribution in [0.4, 0.5) is 0 Å². The molecule has 0 saturated carbocycles. The zero-order valence-corrected chi connectivity index (χ0v) is 10.3. The van der Waals surface area contributed by atoms with Gasteiger partial charge >= 0.3 is 0 Å². The minimum atomic E-state index is 0.527. The molecule has 0 radical (unpaired) electrons. The topological polar surface area (TPSA) is 12.9 Å². The highest BCUT2D eigenvalue weighted by atomic mass is 79.9. The van der Waals surface area contributed by atoms with Gasteiger partial charge in [0, 0.05) is 25.9 Å². The zero-order chi connectivity index (χ0) is 9.42. The smallest absolute Gasteiger partial charge is 0.136 e. The van der Waals surface area contributed by atoms with Crippen LogP contribution in [0.1, 0.15) is 0 Å². The van der Waals surface area contributed by atoms with E-state index in [0.717, 1.165) is 19.7 Å². The van der Waals surface area contributed by atoms with Gasteiger partial charge in [-0.2, -0.15) is 0 Å². The molecule has 2 rings (SSSR count). The molecule has 1 aromatic carbocycles. The molecule has 0 saturated heterocycles. The Labute approximate surface area is 97.4 Å². The number of nitrogens with zero attached hydrogens (tertiary/aromatic N) is 1. The summed E-state index contributed by atoms with van der Waals surface area (Å²) in [5, 5.41) is 2.53. The Morgan fingerprint density at radius 3 is 2.62 bits per heavy atom. The van der Waals surface area contributed by atoms with Crippen LogP contribution in [0.15, 0.2) is 33.3 Å². The molecule has 0 aliphatic rings. The van der Waals surface area contributed by atoms with E-state index in [1.165, 1.54) is 0 Å². The van der Waals surface area contributed by atoms with Crippen molar-refractivity contribution in [1.29, 1.82) is 0 Å². The number of pyridine rings is 1. The van der Waals surface area contributed by atoms with E-state index in [2.05, 4.69) is 36.8 Å². The summed E-state index contributed by atoms with van der Waals surface area (Å²) >= 11 is 12.8. The van der Waals surface area contributed by atoms with Crippen LogP contribution in [0.25, 0.3) is 10.8 Å². The fraction of sp³-hybridized carbons (Fsp3) is 0. The second-order valence-corrected chi connectivity index (χ2v) is 4.63. The van der Waals surface area contributed by atoms with Crippen LogP contribution < -0.4 is 0 Å². The second kappa shape index (κ2) is 3.56. The van der Waals surface area contributed by atoms with Crippen molar-refractivity contribution in [3.8, 4) is 0 Å². The molecule has 66 valence electrons. The molecule has 0 bridgehead atoms. The highest BCUT2D eigenvalue weighted by Gasteiger charge is 2.06. The molecule has 0 N–H and O–H groups in total. The molecule has 0 aliphatic carbocycles. The molecule has 4 heteroatoms. The van der Waals surface area contributed by atoms with Gasteiger partial charge in [-0.25, -0.2) is 4.98 Å². The third-order valence-corrected chi connectivity index (χ3v) is 3.33. The Kier molecular flexibility index (Phi) is 2.58. The molecule has 13 heavy (non-hydrogen) atoms. The van der Waals surface area contributed by atoms with Crippen LogP contribution in [0.5, 0.6) is 0 Å². The van der Waals surface area contributed by atoms with E-state index in [1.807, 2.05) is 18.2 Å². The summed E-state index contributed by atoms with van der Waals surface area (Å²) in [6, 6.07) is 5.86. The van der Waals surface area contributed by atoms with E-state index in [1.54, 1.807) is 6.20 Å². The Morgan fingerprint density at radius 1 is 1.15 bits per heavy atom. The van der Waals surface area contributed by atoms with E-state index < -0.39 is 0 Å². The number of halogens is 3. The van der Waals surface area contributed by atoms with Crippen molar-refractivity contribution >= 4 is 54.2 Å². The lowest BCUT2D eigenvalue weighted by Gasteiger charge is -2.03. The monoisotopic (exact) mass is 319 g/mol.